The second kappa shape index (κ2) is 11.5. The lowest BCUT2D eigenvalue weighted by molar-refractivity contribution is 0.0996. The van der Waals surface area contributed by atoms with Crippen molar-refractivity contribution in [2.75, 3.05) is 19.0 Å². The van der Waals surface area contributed by atoms with Gasteiger partial charge in [-0.3, -0.25) is 14.9 Å². The molecule has 2 heterocycles. The van der Waals surface area contributed by atoms with Crippen LogP contribution in [0, 0.1) is 6.92 Å². The average Bonchev–Trinajstić information content (AvgIpc) is 3.43. The number of fused-ring (bicyclic) bond motifs is 1. The highest BCUT2D eigenvalue weighted by Crippen LogP contribution is 2.31. The Morgan fingerprint density at radius 2 is 1.89 bits per heavy atom. The van der Waals surface area contributed by atoms with E-state index in [9.17, 15) is 14.4 Å². The van der Waals surface area contributed by atoms with Crippen molar-refractivity contribution in [3.05, 3.63) is 71.3 Å². The second-order valence-corrected chi connectivity index (χ2v) is 8.58. The van der Waals surface area contributed by atoms with Crippen molar-refractivity contribution in [3.8, 4) is 5.75 Å². The lowest BCUT2D eigenvalue weighted by Crippen LogP contribution is -2.26. The number of hydrogen-bond acceptors (Lipinski definition) is 7. The molecule has 0 bridgehead atoms. The number of nitrogens with two attached hydrogens (primary N) is 1. The Kier molecular flexibility index (Phi) is 7.90. The summed E-state index contributed by atoms with van der Waals surface area (Å²) < 4.78 is 14.3. The van der Waals surface area contributed by atoms with Crippen LogP contribution < -0.4 is 21.1 Å². The molecule has 0 saturated carbocycles. The maximum atomic E-state index is 13.0. The van der Waals surface area contributed by atoms with E-state index in [-0.39, 0.29) is 23.8 Å². The highest BCUT2D eigenvalue weighted by molar-refractivity contribution is 6.04. The molecule has 12 nitrogen and oxygen atoms in total. The monoisotopic (exact) mass is 519 g/mol. The molecular formula is C26H29N7O5. The molecule has 0 radical (unpaired) electrons. The van der Waals surface area contributed by atoms with E-state index in [4.69, 9.17) is 15.2 Å². The molecule has 0 aliphatic rings. The summed E-state index contributed by atoms with van der Waals surface area (Å²) >= 11 is 0. The number of alkyl carbamates (subject to hydrolysis) is 1. The van der Waals surface area contributed by atoms with Crippen molar-refractivity contribution in [2.24, 2.45) is 12.8 Å². The molecule has 198 valence electrons. The van der Waals surface area contributed by atoms with E-state index in [0.717, 1.165) is 5.56 Å². The van der Waals surface area contributed by atoms with Crippen molar-refractivity contribution in [1.82, 2.24) is 24.4 Å². The molecule has 0 fully saturated rings. The van der Waals surface area contributed by atoms with Gasteiger partial charge in [0.2, 0.25) is 11.9 Å². The number of ether oxygens (including phenoxy) is 2. The maximum Gasteiger partial charge on any atom is 0.407 e. The third-order valence-electron chi connectivity index (χ3n) is 6.02. The standard InChI is InChI=1S/C26H29N7O5/c1-16-21(29-15-32(16)2)24(35)31-25-30-19-12-18(23(27)34)13-20(37-3)22(19)33(25)11-7-10-28-26(36)38-14-17-8-5-4-6-9-17/h4-6,8-9,12-13,15H,7,10-11,14H2,1-3H3,(H2,27,34)(H,28,36)(H,30,31,35). The van der Waals surface area contributed by atoms with Crippen molar-refractivity contribution in [2.45, 2.75) is 26.5 Å². The topological polar surface area (TPSA) is 155 Å². The summed E-state index contributed by atoms with van der Waals surface area (Å²) in [6.07, 6.45) is 1.50. The number of rotatable bonds is 10. The summed E-state index contributed by atoms with van der Waals surface area (Å²) in [6, 6.07) is 12.4. The Morgan fingerprint density at radius 3 is 2.55 bits per heavy atom. The second-order valence-electron chi connectivity index (χ2n) is 8.58. The van der Waals surface area contributed by atoms with Gasteiger partial charge in [-0.25, -0.2) is 14.8 Å². The fourth-order valence-corrected chi connectivity index (χ4v) is 3.92. The molecule has 12 heteroatoms. The van der Waals surface area contributed by atoms with E-state index in [1.807, 2.05) is 30.3 Å². The summed E-state index contributed by atoms with van der Waals surface area (Å²) in [5.74, 6) is -0.459. The van der Waals surface area contributed by atoms with Gasteiger partial charge in [-0.05, 0) is 31.0 Å². The van der Waals surface area contributed by atoms with Crippen LogP contribution in [-0.2, 0) is 24.9 Å². The first kappa shape index (κ1) is 26.2. The van der Waals surface area contributed by atoms with Crippen LogP contribution in [0.5, 0.6) is 5.75 Å². The zero-order chi connectivity index (χ0) is 27.2. The maximum absolute atomic E-state index is 13.0. The molecule has 38 heavy (non-hydrogen) atoms. The van der Waals surface area contributed by atoms with Crippen molar-refractivity contribution in [1.29, 1.82) is 0 Å². The average molecular weight is 520 g/mol. The molecule has 2 aromatic heterocycles. The normalized spacial score (nSPS) is 10.8. The summed E-state index contributed by atoms with van der Waals surface area (Å²) in [7, 11) is 3.26. The van der Waals surface area contributed by atoms with E-state index >= 15 is 0 Å². The fourth-order valence-electron chi connectivity index (χ4n) is 3.92. The molecule has 0 atom stereocenters. The minimum Gasteiger partial charge on any atom is -0.494 e. The first-order chi connectivity index (χ1) is 18.3. The number of nitrogens with one attached hydrogen (secondary N) is 2. The molecule has 3 amide bonds. The molecule has 0 unspecified atom stereocenters. The van der Waals surface area contributed by atoms with Gasteiger partial charge in [0.25, 0.3) is 5.91 Å². The Balaban J connectivity index is 1.52. The number of carbonyl (C=O) groups is 3. The molecule has 2 aromatic carbocycles. The predicted molar refractivity (Wildman–Crippen MR) is 140 cm³/mol. The van der Waals surface area contributed by atoms with Gasteiger partial charge in [-0.2, -0.15) is 0 Å². The van der Waals surface area contributed by atoms with Crippen molar-refractivity contribution in [3.63, 3.8) is 0 Å². The highest BCUT2D eigenvalue weighted by Gasteiger charge is 2.21. The molecule has 0 aliphatic heterocycles. The van der Waals surface area contributed by atoms with Gasteiger partial charge in [-0.1, -0.05) is 30.3 Å². The van der Waals surface area contributed by atoms with Crippen LogP contribution in [0.3, 0.4) is 0 Å². The number of hydrogen-bond donors (Lipinski definition) is 3. The fraction of sp³-hybridized carbons (Fsp3) is 0.269. The zero-order valence-electron chi connectivity index (χ0n) is 21.4. The number of imidazole rings is 2. The van der Waals surface area contributed by atoms with E-state index in [2.05, 4.69) is 20.6 Å². The van der Waals surface area contributed by atoms with Crippen LogP contribution in [0.1, 0.15) is 38.5 Å². The van der Waals surface area contributed by atoms with Gasteiger partial charge in [0.05, 0.1) is 19.0 Å². The zero-order valence-corrected chi connectivity index (χ0v) is 21.4. The minimum atomic E-state index is -0.632. The van der Waals surface area contributed by atoms with Gasteiger partial charge in [-0.15, -0.1) is 0 Å². The van der Waals surface area contributed by atoms with Crippen LogP contribution in [0.2, 0.25) is 0 Å². The first-order valence-corrected chi connectivity index (χ1v) is 11.9. The number of aromatic nitrogens is 4. The quantitative estimate of drug-likeness (QED) is 0.272. The molecular weight excluding hydrogens is 490 g/mol. The van der Waals surface area contributed by atoms with Crippen LogP contribution in [0.4, 0.5) is 10.7 Å². The predicted octanol–water partition coefficient (Wildman–Crippen LogP) is 2.75. The smallest absolute Gasteiger partial charge is 0.407 e. The number of carbonyl (C=O) groups excluding carboxylic acids is 3. The van der Waals surface area contributed by atoms with E-state index in [1.165, 1.54) is 19.2 Å². The Bertz CT molecular complexity index is 1480. The largest absolute Gasteiger partial charge is 0.494 e. The lowest BCUT2D eigenvalue weighted by atomic mass is 10.1. The first-order valence-electron chi connectivity index (χ1n) is 11.9. The summed E-state index contributed by atoms with van der Waals surface area (Å²) in [5, 5.41) is 5.54. The molecule has 4 rings (SSSR count). The number of anilines is 1. The molecule has 0 spiro atoms. The number of nitrogens with zero attached hydrogens (tertiary/aromatic N) is 4. The number of methoxy groups -OCH3 is 1. The van der Waals surface area contributed by atoms with Crippen LogP contribution in [0.25, 0.3) is 11.0 Å². The third-order valence-corrected chi connectivity index (χ3v) is 6.02. The van der Waals surface area contributed by atoms with Gasteiger partial charge in [0.15, 0.2) is 0 Å². The highest BCUT2D eigenvalue weighted by atomic mass is 16.5. The SMILES string of the molecule is COc1cc(C(N)=O)cc2nc(NC(=O)c3ncn(C)c3C)n(CCCNC(=O)OCc3ccccc3)c12. The van der Waals surface area contributed by atoms with Crippen LogP contribution in [0.15, 0.2) is 48.8 Å². The van der Waals surface area contributed by atoms with Crippen LogP contribution in [-0.4, -0.2) is 50.7 Å². The molecule has 0 saturated heterocycles. The van der Waals surface area contributed by atoms with Gasteiger partial charge in [0.1, 0.15) is 23.6 Å². The number of aryl methyl sites for hydroxylation is 2. The molecule has 0 aliphatic carbocycles. The number of amides is 3. The summed E-state index contributed by atoms with van der Waals surface area (Å²) in [4.78, 5) is 45.6. The number of primary amides is 1. The van der Waals surface area contributed by atoms with Gasteiger partial charge >= 0.3 is 6.09 Å². The van der Waals surface area contributed by atoms with E-state index in [0.29, 0.717) is 42.0 Å². The Hall–Kier alpha value is -4.87. The van der Waals surface area contributed by atoms with Gasteiger partial charge in [0, 0.05) is 31.4 Å². The molecule has 4 aromatic rings. The van der Waals surface area contributed by atoms with Crippen molar-refractivity contribution < 1.29 is 23.9 Å². The summed E-state index contributed by atoms with van der Waals surface area (Å²) in [6.45, 7) is 2.62. The number of benzene rings is 2. The van der Waals surface area contributed by atoms with Crippen LogP contribution >= 0.6 is 0 Å². The van der Waals surface area contributed by atoms with Crippen molar-refractivity contribution >= 4 is 34.9 Å². The lowest BCUT2D eigenvalue weighted by Gasteiger charge is -2.13. The Morgan fingerprint density at radius 1 is 1.13 bits per heavy atom. The van der Waals surface area contributed by atoms with E-state index < -0.39 is 17.9 Å². The van der Waals surface area contributed by atoms with Gasteiger partial charge < -0.3 is 29.7 Å². The third kappa shape index (κ3) is 5.75. The summed E-state index contributed by atoms with van der Waals surface area (Å²) in [5.41, 5.74) is 8.52. The minimum absolute atomic E-state index is 0.168. The molecule has 4 N–H and O–H groups in total. The van der Waals surface area contributed by atoms with E-state index in [1.54, 1.807) is 29.4 Å². The Labute approximate surface area is 218 Å².